The highest BCUT2D eigenvalue weighted by Crippen LogP contribution is 2.35. The predicted octanol–water partition coefficient (Wildman–Crippen LogP) is 2.03. The van der Waals surface area contributed by atoms with Crippen LogP contribution >= 0.6 is 8.46 Å². The van der Waals surface area contributed by atoms with Gasteiger partial charge in [-0.1, -0.05) is 0 Å². The topological polar surface area (TPSA) is 78.7 Å². The lowest BCUT2D eigenvalue weighted by atomic mass is 10.2. The molecule has 0 aromatic heterocycles. The summed E-state index contributed by atoms with van der Waals surface area (Å²) in [5, 5.41) is 10.5. The third-order valence-electron chi connectivity index (χ3n) is 2.13. The summed E-state index contributed by atoms with van der Waals surface area (Å²) in [6.07, 6.45) is 0.0734. The van der Waals surface area contributed by atoms with Gasteiger partial charge < -0.3 is 9.47 Å². The fourth-order valence-corrected chi connectivity index (χ4v) is 1.74. The van der Waals surface area contributed by atoms with E-state index in [0.29, 0.717) is 17.7 Å². The minimum absolute atomic E-state index is 0.00802. The number of fused-ring (bicyclic) bond motifs is 1. The van der Waals surface area contributed by atoms with Gasteiger partial charge in [-0.3, -0.25) is 14.7 Å². The lowest BCUT2D eigenvalue weighted by Crippen LogP contribution is -2.30. The summed E-state index contributed by atoms with van der Waals surface area (Å²) in [5.41, 5.74) is -0.0391. The van der Waals surface area contributed by atoms with Crippen LogP contribution in [0.2, 0.25) is 0 Å². The van der Waals surface area contributed by atoms with Crippen LogP contribution in [-0.4, -0.2) is 23.8 Å². The molecular weight excluding hydrogens is 233 g/mol. The molecule has 1 aliphatic rings. The molecule has 7 heteroatoms. The van der Waals surface area contributed by atoms with Crippen LogP contribution in [0.5, 0.6) is 11.5 Å². The molecule has 1 heterocycles. The maximum atomic E-state index is 10.5. The second-order valence-electron chi connectivity index (χ2n) is 3.25. The number of nitro benzene ring substituents is 1. The molecule has 6 nitrogen and oxygen atoms in total. The van der Waals surface area contributed by atoms with E-state index in [9.17, 15) is 14.7 Å². The normalized spacial score (nSPS) is 18.4. The summed E-state index contributed by atoms with van der Waals surface area (Å²) in [5.74, 6) is 0.804. The second kappa shape index (κ2) is 4.45. The zero-order valence-electron chi connectivity index (χ0n) is 8.16. The maximum Gasteiger partial charge on any atom is 0.273 e. The van der Waals surface area contributed by atoms with Crippen molar-refractivity contribution in [1.82, 2.24) is 0 Å². The summed E-state index contributed by atoms with van der Waals surface area (Å²) >= 11 is 0. The van der Waals surface area contributed by atoms with E-state index >= 15 is 0 Å². The van der Waals surface area contributed by atoms with E-state index in [4.69, 9.17) is 9.47 Å². The maximum absolute atomic E-state index is 10.5. The number of nitrogens with zero attached hydrogens (tertiary/aromatic N) is 1. The van der Waals surface area contributed by atoms with E-state index in [1.165, 1.54) is 18.2 Å². The molecular formula is C9H8NO5P. The van der Waals surface area contributed by atoms with Gasteiger partial charge in [-0.2, -0.15) is 0 Å². The van der Waals surface area contributed by atoms with Crippen LogP contribution in [0.25, 0.3) is 0 Å². The van der Waals surface area contributed by atoms with E-state index in [-0.39, 0.29) is 26.9 Å². The van der Waals surface area contributed by atoms with Gasteiger partial charge in [0.25, 0.3) is 5.69 Å². The fourth-order valence-electron chi connectivity index (χ4n) is 1.39. The number of benzene rings is 1. The Balaban J connectivity index is 2.22. The number of rotatable bonds is 3. The standard InChI is InChI=1S/C9H8NO5P/c11-10(12)6-1-2-8-9(3-6)14-4-7(15-8)5-16-13/h1-3,7H,4-5H2. The van der Waals surface area contributed by atoms with Crippen LogP contribution in [0.1, 0.15) is 0 Å². The van der Waals surface area contributed by atoms with Crippen molar-refractivity contribution in [3.63, 3.8) is 0 Å². The first-order chi connectivity index (χ1) is 7.70. The molecule has 2 rings (SSSR count). The first kappa shape index (κ1) is 10.8. The molecule has 0 bridgehead atoms. The number of nitro groups is 1. The van der Waals surface area contributed by atoms with Gasteiger partial charge in [0.15, 0.2) is 20.0 Å². The van der Waals surface area contributed by atoms with Crippen molar-refractivity contribution in [2.24, 2.45) is 0 Å². The van der Waals surface area contributed by atoms with Gasteiger partial charge in [-0.25, -0.2) is 0 Å². The zero-order valence-corrected chi connectivity index (χ0v) is 9.05. The van der Waals surface area contributed by atoms with Crippen LogP contribution in [0.15, 0.2) is 18.2 Å². The number of hydrogen-bond acceptors (Lipinski definition) is 5. The number of non-ortho nitro benzene ring substituents is 1. The average Bonchev–Trinajstić information content (AvgIpc) is 2.28. The number of hydrogen-bond donors (Lipinski definition) is 0. The number of ether oxygens (including phenoxy) is 2. The summed E-state index contributed by atoms with van der Waals surface area (Å²) < 4.78 is 21.2. The van der Waals surface area contributed by atoms with Crippen molar-refractivity contribution in [2.75, 3.05) is 12.8 Å². The molecule has 1 atom stereocenters. The highest BCUT2D eigenvalue weighted by molar-refractivity contribution is 7.23. The molecule has 0 radical (unpaired) electrons. The third-order valence-corrected chi connectivity index (χ3v) is 2.69. The summed E-state index contributed by atoms with van der Waals surface area (Å²) in [4.78, 5) is 10.0. The van der Waals surface area contributed by atoms with Crippen LogP contribution in [0, 0.1) is 10.1 Å². The van der Waals surface area contributed by atoms with Crippen LogP contribution in [-0.2, 0) is 4.57 Å². The third kappa shape index (κ3) is 2.12. The van der Waals surface area contributed by atoms with E-state index < -0.39 is 4.92 Å². The van der Waals surface area contributed by atoms with Crippen molar-refractivity contribution in [2.45, 2.75) is 6.10 Å². The van der Waals surface area contributed by atoms with Crippen LogP contribution in [0.3, 0.4) is 0 Å². The summed E-state index contributed by atoms with van der Waals surface area (Å²) in [7, 11) is -0.00802. The molecule has 0 N–H and O–H groups in total. The molecule has 1 aromatic carbocycles. The first-order valence-corrected chi connectivity index (χ1v) is 5.57. The largest absolute Gasteiger partial charge is 0.486 e. The Morgan fingerprint density at radius 3 is 3.00 bits per heavy atom. The molecule has 0 saturated heterocycles. The summed E-state index contributed by atoms with van der Waals surface area (Å²) in [6.45, 7) is 0.253. The van der Waals surface area contributed by atoms with E-state index in [1.54, 1.807) is 0 Å². The molecule has 16 heavy (non-hydrogen) atoms. The van der Waals surface area contributed by atoms with E-state index in [0.717, 1.165) is 0 Å². The van der Waals surface area contributed by atoms with Crippen molar-refractivity contribution in [1.29, 1.82) is 0 Å². The minimum Gasteiger partial charge on any atom is -0.486 e. The Kier molecular flexibility index (Phi) is 3.01. The monoisotopic (exact) mass is 241 g/mol. The Bertz CT molecular complexity index is 436. The Labute approximate surface area is 92.5 Å². The molecule has 0 saturated carbocycles. The Hall–Kier alpha value is -1.68. The van der Waals surface area contributed by atoms with Gasteiger partial charge in [-0.05, 0) is 6.07 Å². The Morgan fingerprint density at radius 2 is 2.31 bits per heavy atom. The lowest BCUT2D eigenvalue weighted by molar-refractivity contribution is -0.385. The minimum atomic E-state index is -0.494. The zero-order chi connectivity index (χ0) is 11.5. The average molecular weight is 241 g/mol. The van der Waals surface area contributed by atoms with Gasteiger partial charge in [0, 0.05) is 6.07 Å². The lowest BCUT2D eigenvalue weighted by Gasteiger charge is -2.24. The van der Waals surface area contributed by atoms with E-state index in [2.05, 4.69) is 0 Å². The van der Waals surface area contributed by atoms with Crippen molar-refractivity contribution >= 4 is 14.1 Å². The van der Waals surface area contributed by atoms with Gasteiger partial charge in [0.05, 0.1) is 17.2 Å². The van der Waals surface area contributed by atoms with Crippen LogP contribution in [0.4, 0.5) is 5.69 Å². The van der Waals surface area contributed by atoms with Crippen molar-refractivity contribution in [3.8, 4) is 11.5 Å². The van der Waals surface area contributed by atoms with Crippen molar-refractivity contribution < 1.29 is 19.0 Å². The van der Waals surface area contributed by atoms with Gasteiger partial charge in [0.1, 0.15) is 12.7 Å². The quantitative estimate of drug-likeness (QED) is 0.459. The molecule has 0 spiro atoms. The van der Waals surface area contributed by atoms with Gasteiger partial charge >= 0.3 is 0 Å². The molecule has 0 aliphatic carbocycles. The first-order valence-electron chi connectivity index (χ1n) is 4.57. The molecule has 0 amide bonds. The fraction of sp³-hybridized carbons (Fsp3) is 0.333. The Morgan fingerprint density at radius 1 is 1.50 bits per heavy atom. The highest BCUT2D eigenvalue weighted by Gasteiger charge is 2.23. The predicted molar refractivity (Wildman–Crippen MR) is 55.5 cm³/mol. The molecule has 0 fully saturated rings. The SMILES string of the molecule is O=PCC1COc2cc([N+](=O)[O-])ccc2O1. The van der Waals surface area contributed by atoms with Gasteiger partial charge in [-0.15, -0.1) is 0 Å². The molecule has 1 aliphatic heterocycles. The summed E-state index contributed by atoms with van der Waals surface area (Å²) in [6, 6.07) is 4.15. The second-order valence-corrected chi connectivity index (χ2v) is 3.87. The highest BCUT2D eigenvalue weighted by atomic mass is 31.1. The smallest absolute Gasteiger partial charge is 0.273 e. The van der Waals surface area contributed by atoms with Crippen molar-refractivity contribution in [3.05, 3.63) is 28.3 Å². The van der Waals surface area contributed by atoms with Crippen LogP contribution < -0.4 is 9.47 Å². The molecule has 1 aromatic rings. The van der Waals surface area contributed by atoms with E-state index in [1.807, 2.05) is 0 Å². The molecule has 84 valence electrons. The van der Waals surface area contributed by atoms with Gasteiger partial charge in [0.2, 0.25) is 0 Å². The molecule has 1 unspecified atom stereocenters.